The largest absolute Gasteiger partial charge is 0.378 e. The fraction of sp³-hybridized carbons (Fsp3) is 0.812. The van der Waals surface area contributed by atoms with Gasteiger partial charge >= 0.3 is 0 Å². The van der Waals surface area contributed by atoms with Gasteiger partial charge in [-0.1, -0.05) is 6.42 Å². The third-order valence-electron chi connectivity index (χ3n) is 5.37. The highest BCUT2D eigenvalue weighted by molar-refractivity contribution is 6.04. The van der Waals surface area contributed by atoms with Gasteiger partial charge in [0.2, 0.25) is 5.91 Å². The number of nitrogens with zero attached hydrogens (tertiary/aromatic N) is 2. The summed E-state index contributed by atoms with van der Waals surface area (Å²) in [5, 5.41) is 9.25. The van der Waals surface area contributed by atoms with Crippen molar-refractivity contribution in [3.8, 4) is 6.07 Å². The minimum Gasteiger partial charge on any atom is -0.378 e. The highest BCUT2D eigenvalue weighted by Gasteiger charge is 2.42. The average molecular weight is 290 g/mol. The van der Waals surface area contributed by atoms with Gasteiger partial charge in [0.1, 0.15) is 0 Å². The van der Waals surface area contributed by atoms with Gasteiger partial charge in [-0.05, 0) is 37.0 Å². The van der Waals surface area contributed by atoms with E-state index in [4.69, 9.17) is 4.74 Å². The normalized spacial score (nSPS) is 32.7. The molecule has 0 spiro atoms. The van der Waals surface area contributed by atoms with E-state index in [9.17, 15) is 14.9 Å². The quantitative estimate of drug-likeness (QED) is 0.733. The van der Waals surface area contributed by atoms with Crippen molar-refractivity contribution >= 4 is 11.7 Å². The Morgan fingerprint density at radius 2 is 2.00 bits per heavy atom. The van der Waals surface area contributed by atoms with E-state index in [2.05, 4.69) is 0 Å². The van der Waals surface area contributed by atoms with Crippen molar-refractivity contribution in [2.24, 2.45) is 23.7 Å². The summed E-state index contributed by atoms with van der Waals surface area (Å²) >= 11 is 0. The Kier molecular flexibility index (Phi) is 4.25. The Bertz CT molecular complexity index is 465. The number of hydrogen-bond acceptors (Lipinski definition) is 4. The number of rotatable bonds is 4. The number of amides is 1. The molecule has 3 aliphatic rings. The van der Waals surface area contributed by atoms with Gasteiger partial charge in [0, 0.05) is 19.5 Å². The van der Waals surface area contributed by atoms with E-state index >= 15 is 0 Å². The van der Waals surface area contributed by atoms with Gasteiger partial charge in [-0.2, -0.15) is 5.26 Å². The number of carbonyl (C=O) groups is 2. The molecule has 3 fully saturated rings. The van der Waals surface area contributed by atoms with Crippen LogP contribution in [0.5, 0.6) is 0 Å². The Morgan fingerprint density at radius 3 is 2.57 bits per heavy atom. The van der Waals surface area contributed by atoms with Gasteiger partial charge in [-0.3, -0.25) is 9.59 Å². The lowest BCUT2D eigenvalue weighted by Gasteiger charge is -2.28. The number of fused-ring (bicyclic) bond motifs is 2. The monoisotopic (exact) mass is 290 g/mol. The van der Waals surface area contributed by atoms with Crippen molar-refractivity contribution in [3.63, 3.8) is 0 Å². The van der Waals surface area contributed by atoms with Crippen molar-refractivity contribution in [2.75, 3.05) is 26.3 Å². The van der Waals surface area contributed by atoms with Crippen molar-refractivity contribution < 1.29 is 14.3 Å². The third kappa shape index (κ3) is 2.96. The summed E-state index contributed by atoms with van der Waals surface area (Å²) in [4.78, 5) is 26.3. The predicted molar refractivity (Wildman–Crippen MR) is 75.1 cm³/mol. The second-order valence-electron chi connectivity index (χ2n) is 6.61. The lowest BCUT2D eigenvalue weighted by Crippen LogP contribution is -2.45. The average Bonchev–Trinajstić information content (AvgIpc) is 3.11. The number of hydrogen-bond donors (Lipinski definition) is 0. The zero-order chi connectivity index (χ0) is 14.8. The second-order valence-corrected chi connectivity index (χ2v) is 6.61. The van der Waals surface area contributed by atoms with E-state index in [1.54, 1.807) is 4.90 Å². The number of nitriles is 1. The Labute approximate surface area is 125 Å². The first kappa shape index (κ1) is 14.5. The molecule has 5 heteroatoms. The fourth-order valence-corrected chi connectivity index (χ4v) is 4.23. The highest BCUT2D eigenvalue weighted by atomic mass is 16.5. The van der Waals surface area contributed by atoms with Crippen LogP contribution in [-0.2, 0) is 14.3 Å². The summed E-state index contributed by atoms with van der Waals surface area (Å²) in [6.07, 6.45) is 5.28. The first-order chi connectivity index (χ1) is 10.2. The number of ether oxygens (including phenoxy) is 1. The SMILES string of the molecule is N#C[C@@H](C(=O)C[C@@H]1C[C@H]2CC[C@H]1C2)C(=O)N1CCOCC1. The summed E-state index contributed by atoms with van der Waals surface area (Å²) in [5.74, 6) is 0.229. The van der Waals surface area contributed by atoms with E-state index < -0.39 is 5.92 Å². The van der Waals surface area contributed by atoms with Crippen molar-refractivity contribution in [1.82, 2.24) is 4.90 Å². The molecule has 0 unspecified atom stereocenters. The molecular weight excluding hydrogens is 268 g/mol. The van der Waals surface area contributed by atoms with Gasteiger partial charge < -0.3 is 9.64 Å². The van der Waals surface area contributed by atoms with E-state index in [1.165, 1.54) is 19.3 Å². The predicted octanol–water partition coefficient (Wildman–Crippen LogP) is 1.38. The zero-order valence-electron chi connectivity index (χ0n) is 12.3. The maximum Gasteiger partial charge on any atom is 0.247 e. The third-order valence-corrected chi connectivity index (χ3v) is 5.37. The summed E-state index contributed by atoms with van der Waals surface area (Å²) < 4.78 is 5.20. The van der Waals surface area contributed by atoms with Crippen LogP contribution in [0.4, 0.5) is 0 Å². The molecule has 1 saturated heterocycles. The van der Waals surface area contributed by atoms with Crippen LogP contribution in [0.1, 0.15) is 32.1 Å². The maximum atomic E-state index is 12.4. The van der Waals surface area contributed by atoms with Gasteiger partial charge in [0.15, 0.2) is 11.7 Å². The summed E-state index contributed by atoms with van der Waals surface area (Å²) in [6, 6.07) is 1.94. The molecular formula is C16H22N2O3. The molecule has 2 aliphatic carbocycles. The molecule has 2 bridgehead atoms. The Hall–Kier alpha value is -1.41. The van der Waals surface area contributed by atoms with Crippen LogP contribution in [0.25, 0.3) is 0 Å². The molecule has 0 aromatic heterocycles. The Morgan fingerprint density at radius 1 is 1.24 bits per heavy atom. The summed E-state index contributed by atoms with van der Waals surface area (Å²) in [6.45, 7) is 1.95. The molecule has 0 aromatic rings. The van der Waals surface area contributed by atoms with Gasteiger partial charge in [-0.15, -0.1) is 0 Å². The van der Waals surface area contributed by atoms with Crippen molar-refractivity contribution in [2.45, 2.75) is 32.1 Å². The number of Topliss-reactive ketones (excluding diaryl/α,β-unsaturated/α-hetero) is 1. The van der Waals surface area contributed by atoms with E-state index in [0.717, 1.165) is 12.3 Å². The first-order valence-corrected chi connectivity index (χ1v) is 7.98. The number of morpholine rings is 1. The molecule has 4 atom stereocenters. The van der Waals surface area contributed by atoms with E-state index in [1.807, 2.05) is 6.07 Å². The van der Waals surface area contributed by atoms with E-state index in [0.29, 0.717) is 44.6 Å². The molecule has 5 nitrogen and oxygen atoms in total. The maximum absolute atomic E-state index is 12.4. The first-order valence-electron chi connectivity index (χ1n) is 7.98. The Balaban J connectivity index is 1.58. The van der Waals surface area contributed by atoms with Crippen LogP contribution < -0.4 is 0 Å². The minimum absolute atomic E-state index is 0.174. The molecule has 1 aliphatic heterocycles. The smallest absolute Gasteiger partial charge is 0.247 e. The zero-order valence-corrected chi connectivity index (χ0v) is 12.3. The summed E-state index contributed by atoms with van der Waals surface area (Å²) in [7, 11) is 0. The van der Waals surface area contributed by atoms with Gasteiger partial charge in [-0.25, -0.2) is 0 Å². The molecule has 2 saturated carbocycles. The number of ketones is 1. The molecule has 1 amide bonds. The standard InChI is InChI=1S/C16H22N2O3/c17-10-14(16(20)18-3-5-21-6-4-18)15(19)9-13-8-11-1-2-12(13)7-11/h11-14H,1-9H2/t11-,12-,13-,14-/m0/s1. The molecule has 114 valence electrons. The molecule has 0 radical (unpaired) electrons. The van der Waals surface area contributed by atoms with Gasteiger partial charge in [0.05, 0.1) is 19.3 Å². The molecule has 3 rings (SSSR count). The topological polar surface area (TPSA) is 70.4 Å². The van der Waals surface area contributed by atoms with Crippen LogP contribution in [0.2, 0.25) is 0 Å². The molecule has 0 N–H and O–H groups in total. The lowest BCUT2D eigenvalue weighted by atomic mass is 9.83. The highest BCUT2D eigenvalue weighted by Crippen LogP contribution is 2.49. The van der Waals surface area contributed by atoms with Gasteiger partial charge in [0.25, 0.3) is 0 Å². The number of carbonyl (C=O) groups excluding carboxylic acids is 2. The minimum atomic E-state index is -1.11. The van der Waals surface area contributed by atoms with Crippen molar-refractivity contribution in [1.29, 1.82) is 5.26 Å². The van der Waals surface area contributed by atoms with Crippen LogP contribution in [0.3, 0.4) is 0 Å². The van der Waals surface area contributed by atoms with Crippen LogP contribution >= 0.6 is 0 Å². The van der Waals surface area contributed by atoms with Crippen LogP contribution in [-0.4, -0.2) is 42.9 Å². The second kappa shape index (κ2) is 6.15. The lowest BCUT2D eigenvalue weighted by molar-refractivity contribution is -0.142. The molecule has 1 heterocycles. The molecule has 21 heavy (non-hydrogen) atoms. The van der Waals surface area contributed by atoms with Crippen molar-refractivity contribution in [3.05, 3.63) is 0 Å². The summed E-state index contributed by atoms with van der Waals surface area (Å²) in [5.41, 5.74) is 0. The van der Waals surface area contributed by atoms with Crippen LogP contribution in [0, 0.1) is 35.0 Å². The fourth-order valence-electron chi connectivity index (χ4n) is 4.23. The molecule has 0 aromatic carbocycles. The van der Waals surface area contributed by atoms with E-state index in [-0.39, 0.29) is 11.7 Å². The van der Waals surface area contributed by atoms with Crippen LogP contribution in [0.15, 0.2) is 0 Å².